The Kier molecular flexibility index (Phi) is 5.20. The van der Waals surface area contributed by atoms with E-state index in [4.69, 9.17) is 4.74 Å². The van der Waals surface area contributed by atoms with E-state index in [2.05, 4.69) is 17.1 Å². The van der Waals surface area contributed by atoms with Crippen molar-refractivity contribution in [1.29, 1.82) is 0 Å². The zero-order chi connectivity index (χ0) is 16.9. The number of fused-ring (bicyclic) bond motifs is 1. The first kappa shape index (κ1) is 16.6. The van der Waals surface area contributed by atoms with Crippen molar-refractivity contribution in [1.82, 2.24) is 9.55 Å². The fourth-order valence-electron chi connectivity index (χ4n) is 2.59. The highest BCUT2D eigenvalue weighted by Crippen LogP contribution is 2.20. The number of aromatic nitrogens is 2. The van der Waals surface area contributed by atoms with Gasteiger partial charge >= 0.3 is 0 Å². The smallest absolute Gasteiger partial charge is 0.262 e. The Balaban J connectivity index is 1.77. The van der Waals surface area contributed by atoms with E-state index in [9.17, 15) is 4.79 Å². The number of thioether (sulfide) groups is 1. The van der Waals surface area contributed by atoms with Gasteiger partial charge in [0.15, 0.2) is 5.16 Å². The van der Waals surface area contributed by atoms with Crippen LogP contribution in [0.4, 0.5) is 0 Å². The average molecular weight is 340 g/mol. The zero-order valence-corrected chi connectivity index (χ0v) is 14.7. The number of para-hydroxylation sites is 1. The standard InChI is InChI=1S/C19H20N2O2S/c1-3-21-18(22)16-6-4-5-7-17(16)20-19(21)24-13-12-14-8-10-15(23-2)11-9-14/h4-11H,3,12-13H2,1-2H3. The lowest BCUT2D eigenvalue weighted by atomic mass is 10.2. The predicted octanol–water partition coefficient (Wildman–Crippen LogP) is 3.76. The third kappa shape index (κ3) is 3.46. The van der Waals surface area contributed by atoms with Crippen LogP contribution in [0.15, 0.2) is 58.5 Å². The second-order valence-electron chi connectivity index (χ2n) is 5.41. The van der Waals surface area contributed by atoms with E-state index < -0.39 is 0 Å². The molecular weight excluding hydrogens is 320 g/mol. The number of aryl methyl sites for hydroxylation is 1. The number of hydrogen-bond donors (Lipinski definition) is 0. The Morgan fingerprint density at radius 1 is 1.12 bits per heavy atom. The van der Waals surface area contributed by atoms with Gasteiger partial charge in [-0.25, -0.2) is 4.98 Å². The van der Waals surface area contributed by atoms with Crippen molar-refractivity contribution >= 4 is 22.7 Å². The minimum absolute atomic E-state index is 0.0371. The van der Waals surface area contributed by atoms with Crippen molar-refractivity contribution in [2.75, 3.05) is 12.9 Å². The Morgan fingerprint density at radius 3 is 2.58 bits per heavy atom. The van der Waals surface area contributed by atoms with Crippen LogP contribution < -0.4 is 10.3 Å². The van der Waals surface area contributed by atoms with Crippen LogP contribution in [0.25, 0.3) is 10.9 Å². The van der Waals surface area contributed by atoms with Gasteiger partial charge in [-0.05, 0) is 43.2 Å². The van der Waals surface area contributed by atoms with Gasteiger partial charge in [-0.2, -0.15) is 0 Å². The average Bonchev–Trinajstić information content (AvgIpc) is 2.63. The molecule has 4 nitrogen and oxygen atoms in total. The molecule has 0 N–H and O–H groups in total. The summed E-state index contributed by atoms with van der Waals surface area (Å²) in [7, 11) is 1.67. The van der Waals surface area contributed by atoms with E-state index in [1.165, 1.54) is 5.56 Å². The van der Waals surface area contributed by atoms with Crippen molar-refractivity contribution in [3.8, 4) is 5.75 Å². The summed E-state index contributed by atoms with van der Waals surface area (Å²) in [4.78, 5) is 17.3. The lowest BCUT2D eigenvalue weighted by molar-refractivity contribution is 0.414. The maximum absolute atomic E-state index is 12.6. The molecule has 0 saturated carbocycles. The van der Waals surface area contributed by atoms with Gasteiger partial charge in [0.25, 0.3) is 5.56 Å². The SMILES string of the molecule is CCn1c(SCCc2ccc(OC)cc2)nc2ccccc2c1=O. The maximum Gasteiger partial charge on any atom is 0.262 e. The molecule has 1 aromatic heterocycles. The monoisotopic (exact) mass is 340 g/mol. The summed E-state index contributed by atoms with van der Waals surface area (Å²) in [6, 6.07) is 15.6. The van der Waals surface area contributed by atoms with E-state index in [1.54, 1.807) is 23.4 Å². The Hall–Kier alpha value is -2.27. The lowest BCUT2D eigenvalue weighted by Crippen LogP contribution is -2.22. The van der Waals surface area contributed by atoms with Gasteiger partial charge in [-0.15, -0.1) is 0 Å². The normalized spacial score (nSPS) is 10.9. The van der Waals surface area contributed by atoms with Crippen LogP contribution in [0.3, 0.4) is 0 Å². The van der Waals surface area contributed by atoms with Gasteiger partial charge in [-0.1, -0.05) is 36.0 Å². The first-order chi connectivity index (χ1) is 11.7. The number of benzene rings is 2. The van der Waals surface area contributed by atoms with E-state index in [0.29, 0.717) is 11.9 Å². The van der Waals surface area contributed by atoms with Crippen molar-refractivity contribution in [2.24, 2.45) is 0 Å². The van der Waals surface area contributed by atoms with E-state index in [-0.39, 0.29) is 5.56 Å². The number of nitrogens with zero attached hydrogens (tertiary/aromatic N) is 2. The minimum atomic E-state index is 0.0371. The van der Waals surface area contributed by atoms with Gasteiger partial charge in [0.1, 0.15) is 5.75 Å². The predicted molar refractivity (Wildman–Crippen MR) is 99.1 cm³/mol. The molecule has 24 heavy (non-hydrogen) atoms. The highest BCUT2D eigenvalue weighted by molar-refractivity contribution is 7.99. The molecule has 0 atom stereocenters. The number of methoxy groups -OCH3 is 1. The fourth-order valence-corrected chi connectivity index (χ4v) is 3.64. The molecule has 2 aromatic carbocycles. The molecule has 0 fully saturated rings. The quantitative estimate of drug-likeness (QED) is 0.506. The van der Waals surface area contributed by atoms with Crippen LogP contribution >= 0.6 is 11.8 Å². The summed E-state index contributed by atoms with van der Waals surface area (Å²) in [6.45, 7) is 2.60. The molecule has 5 heteroatoms. The maximum atomic E-state index is 12.6. The zero-order valence-electron chi connectivity index (χ0n) is 13.9. The molecule has 0 saturated heterocycles. The van der Waals surface area contributed by atoms with Crippen LogP contribution in [-0.4, -0.2) is 22.4 Å². The van der Waals surface area contributed by atoms with Crippen molar-refractivity contribution in [2.45, 2.75) is 25.0 Å². The van der Waals surface area contributed by atoms with Crippen molar-refractivity contribution < 1.29 is 4.74 Å². The van der Waals surface area contributed by atoms with Crippen LogP contribution in [0.2, 0.25) is 0 Å². The summed E-state index contributed by atoms with van der Waals surface area (Å²) < 4.78 is 6.93. The molecule has 124 valence electrons. The van der Waals surface area contributed by atoms with Gasteiger partial charge in [0.2, 0.25) is 0 Å². The van der Waals surface area contributed by atoms with Crippen molar-refractivity contribution in [3.63, 3.8) is 0 Å². The van der Waals surface area contributed by atoms with Crippen LogP contribution in [0, 0.1) is 0 Å². The van der Waals surface area contributed by atoms with Gasteiger partial charge < -0.3 is 4.74 Å². The highest BCUT2D eigenvalue weighted by Gasteiger charge is 2.10. The molecule has 0 bridgehead atoms. The topological polar surface area (TPSA) is 44.1 Å². The summed E-state index contributed by atoms with van der Waals surface area (Å²) in [5.74, 6) is 1.74. The van der Waals surface area contributed by atoms with Crippen LogP contribution in [0.5, 0.6) is 5.75 Å². The summed E-state index contributed by atoms with van der Waals surface area (Å²) in [5, 5.41) is 1.47. The Bertz CT molecular complexity index is 888. The summed E-state index contributed by atoms with van der Waals surface area (Å²) >= 11 is 1.63. The van der Waals surface area contributed by atoms with E-state index in [1.807, 2.05) is 43.3 Å². The van der Waals surface area contributed by atoms with Gasteiger partial charge in [-0.3, -0.25) is 9.36 Å². The third-order valence-corrected chi connectivity index (χ3v) is 4.90. The summed E-state index contributed by atoms with van der Waals surface area (Å²) in [5.41, 5.74) is 2.05. The molecule has 0 unspecified atom stereocenters. The second-order valence-corrected chi connectivity index (χ2v) is 6.47. The molecule has 3 aromatic rings. The molecule has 0 aliphatic carbocycles. The van der Waals surface area contributed by atoms with Gasteiger partial charge in [0, 0.05) is 12.3 Å². The molecule has 0 aliphatic heterocycles. The Labute approximate surface area is 145 Å². The first-order valence-electron chi connectivity index (χ1n) is 7.98. The van der Waals surface area contributed by atoms with E-state index >= 15 is 0 Å². The minimum Gasteiger partial charge on any atom is -0.497 e. The molecule has 0 aliphatic rings. The molecule has 0 radical (unpaired) electrons. The molecule has 0 amide bonds. The number of rotatable bonds is 6. The molecule has 1 heterocycles. The third-order valence-electron chi connectivity index (χ3n) is 3.92. The van der Waals surface area contributed by atoms with Crippen LogP contribution in [0.1, 0.15) is 12.5 Å². The van der Waals surface area contributed by atoms with E-state index in [0.717, 1.165) is 28.6 Å². The molecule has 3 rings (SSSR count). The fraction of sp³-hybridized carbons (Fsp3) is 0.263. The number of hydrogen-bond acceptors (Lipinski definition) is 4. The molecular formula is C19H20N2O2S. The van der Waals surface area contributed by atoms with Gasteiger partial charge in [0.05, 0.1) is 18.0 Å². The van der Waals surface area contributed by atoms with Crippen molar-refractivity contribution in [3.05, 3.63) is 64.4 Å². The first-order valence-corrected chi connectivity index (χ1v) is 8.96. The molecule has 0 spiro atoms. The second kappa shape index (κ2) is 7.53. The largest absolute Gasteiger partial charge is 0.497 e. The number of ether oxygens (including phenoxy) is 1. The Morgan fingerprint density at radius 2 is 1.88 bits per heavy atom. The highest BCUT2D eigenvalue weighted by atomic mass is 32.2. The summed E-state index contributed by atoms with van der Waals surface area (Å²) in [6.07, 6.45) is 0.918. The lowest BCUT2D eigenvalue weighted by Gasteiger charge is -2.11. The van der Waals surface area contributed by atoms with Crippen LogP contribution in [-0.2, 0) is 13.0 Å².